The molecule has 0 spiro atoms. The molecule has 136 heavy (non-hydrogen) atoms. The summed E-state index contributed by atoms with van der Waals surface area (Å²) in [7, 11) is 2.91. The minimum Gasteiger partial charge on any atom is -0.496 e. The number of nitrogens with zero attached hydrogens (tertiary/aromatic N) is 15. The van der Waals surface area contributed by atoms with E-state index < -0.39 is 5.91 Å². The van der Waals surface area contributed by atoms with E-state index in [1.165, 1.54) is 67.2 Å². The number of methoxy groups -OCH3 is 2. The summed E-state index contributed by atoms with van der Waals surface area (Å²) in [4.78, 5) is 107. The van der Waals surface area contributed by atoms with Crippen LogP contribution in [0.15, 0.2) is 151 Å². The Morgan fingerprint density at radius 2 is 0.801 bits per heavy atom. The molecule has 0 unspecified atom stereocenters. The first-order chi connectivity index (χ1) is 66.4. The molecular weight excluding hydrogens is 1760 g/mol. The van der Waals surface area contributed by atoms with E-state index in [4.69, 9.17) is 60.9 Å². The smallest absolute Gasteiger partial charge is 0.275 e. The molecule has 698 valence electrons. The van der Waals surface area contributed by atoms with Gasteiger partial charge in [-0.3, -0.25) is 64.2 Å². The van der Waals surface area contributed by atoms with Gasteiger partial charge >= 0.3 is 0 Å². The number of H-pyrrole nitrogens is 8. The number of hydrogen-bond acceptors (Lipinski definition) is 28. The highest BCUT2D eigenvalue weighted by atomic mass is 35.5. The van der Waals surface area contributed by atoms with Crippen LogP contribution in [0.1, 0.15) is 99.3 Å². The summed E-state index contributed by atoms with van der Waals surface area (Å²) >= 11 is 6.00. The maximum Gasteiger partial charge on any atom is 0.275 e. The van der Waals surface area contributed by atoms with Gasteiger partial charge in [0, 0.05) is 96.6 Å². The number of hydrogen-bond donors (Lipinski definition) is 14. The molecule has 22 rings (SSSR count). The number of morpholine rings is 4. The van der Waals surface area contributed by atoms with Gasteiger partial charge < -0.3 is 85.5 Å². The van der Waals surface area contributed by atoms with E-state index in [1.54, 1.807) is 25.4 Å². The zero-order valence-electron chi connectivity index (χ0n) is 75.1. The molecular formula is C95H100ClN29O11. The molecule has 4 saturated heterocycles. The number of fused-ring (bicyclic) bond motifs is 6. The molecule has 0 bridgehead atoms. The number of halogens is 1. The number of ether oxygens (including phenoxy) is 6. The van der Waals surface area contributed by atoms with Crippen molar-refractivity contribution in [2.75, 3.05) is 152 Å². The van der Waals surface area contributed by atoms with Crippen LogP contribution in [0.3, 0.4) is 0 Å². The predicted molar refractivity (Wildman–Crippen MR) is 513 cm³/mol. The van der Waals surface area contributed by atoms with Gasteiger partial charge in [0.2, 0.25) is 5.88 Å². The lowest BCUT2D eigenvalue weighted by Crippen LogP contribution is -2.35. The van der Waals surface area contributed by atoms with Gasteiger partial charge in [0.1, 0.15) is 56.5 Å². The predicted octanol–water partition coefficient (Wildman–Crippen LogP) is 12.4. The number of carbonyl (C=O) groups excluding carboxylic acids is 4. The molecule has 6 aromatic carbocycles. The zero-order valence-corrected chi connectivity index (χ0v) is 75.8. The number of nitrogens with one attached hydrogen (secondary N) is 12. The third-order valence-corrected chi connectivity index (χ3v) is 24.4. The fraction of sp³-hybridized carbons (Fsp3) is 0.295. The number of rotatable bonds is 22. The van der Waals surface area contributed by atoms with E-state index in [-0.39, 0.29) is 40.0 Å². The number of anilines is 6. The lowest BCUT2D eigenvalue weighted by molar-refractivity contribution is 0.0341. The van der Waals surface area contributed by atoms with Crippen LogP contribution in [0.4, 0.5) is 34.1 Å². The van der Waals surface area contributed by atoms with Crippen molar-refractivity contribution in [3.05, 3.63) is 219 Å². The molecule has 4 amide bonds. The summed E-state index contributed by atoms with van der Waals surface area (Å²) in [6.45, 7) is 20.7. The number of aryl methyl sites for hydroxylation is 3. The van der Waals surface area contributed by atoms with E-state index in [2.05, 4.69) is 180 Å². The van der Waals surface area contributed by atoms with Crippen molar-refractivity contribution in [1.82, 2.24) is 115 Å². The van der Waals surface area contributed by atoms with Crippen LogP contribution in [0, 0.1) is 13.8 Å². The van der Waals surface area contributed by atoms with Gasteiger partial charge in [-0.05, 0) is 134 Å². The van der Waals surface area contributed by atoms with Crippen LogP contribution in [0.25, 0.3) is 101 Å². The first kappa shape index (κ1) is 90.0. The molecule has 4 aliphatic heterocycles. The number of benzene rings is 6. The van der Waals surface area contributed by atoms with Crippen molar-refractivity contribution < 1.29 is 52.0 Å². The third-order valence-electron chi connectivity index (χ3n) is 24.2. The van der Waals surface area contributed by atoms with Gasteiger partial charge in [-0.1, -0.05) is 48.0 Å². The SMILES string of the molecule is COc1cc(N)c(N)cc1C(=O)Nc1cn[nH]c1-c1nc2ccc(CN3CCOCC3)cc2[nH]1.COc1nc(Cl)cc(C)c1C(=O)Nc1cn[nH]c1-c1nc2ccc(CN3CCOCC3)cc2[nH]1.Cc1oc2c(c1C(=O)Nc1cn[nH]c1-c1nc3ccc(CN4CCOCC4)cc3[nH]1)CCCC2.O=C(Nc1cn[nH]c1-c1nc2ccc(CN3CCOCC3)cc2[nH]1)c1cnc2ccccc2n1. The number of para-hydroxylation sites is 2. The van der Waals surface area contributed by atoms with Crippen molar-refractivity contribution in [1.29, 1.82) is 0 Å². The lowest BCUT2D eigenvalue weighted by Gasteiger charge is -2.26. The summed E-state index contributed by atoms with van der Waals surface area (Å²) < 4.78 is 38.2. The van der Waals surface area contributed by atoms with Crippen molar-refractivity contribution in [2.24, 2.45) is 0 Å². The summed E-state index contributed by atoms with van der Waals surface area (Å²) in [6, 6.07) is 36.9. The number of furan rings is 1. The monoisotopic (exact) mass is 1860 g/mol. The van der Waals surface area contributed by atoms with Crippen LogP contribution in [-0.4, -0.2) is 258 Å². The number of imidazole rings is 4. The topological polar surface area (TPSA) is 518 Å². The second kappa shape index (κ2) is 40.7. The maximum absolute atomic E-state index is 13.2. The normalized spacial score (nSPS) is 15.0. The maximum atomic E-state index is 13.2. The molecule has 11 aromatic heterocycles. The minimum absolute atomic E-state index is 0.157. The second-order valence-corrected chi connectivity index (χ2v) is 33.9. The van der Waals surface area contributed by atoms with Crippen molar-refractivity contribution in [3.8, 4) is 57.7 Å². The van der Waals surface area contributed by atoms with Crippen LogP contribution in [-0.2, 0) is 58.0 Å². The van der Waals surface area contributed by atoms with Gasteiger partial charge in [-0.25, -0.2) is 29.9 Å². The average Bonchev–Trinajstić information content (AvgIpc) is 1.56. The number of nitrogens with two attached hydrogens (primary N) is 2. The van der Waals surface area contributed by atoms with Crippen LogP contribution in [0.5, 0.6) is 11.6 Å². The molecule has 0 radical (unpaired) electrons. The number of aromatic nitrogens is 19. The average molecular weight is 1860 g/mol. The highest BCUT2D eigenvalue weighted by Gasteiger charge is 2.30. The minimum atomic E-state index is -0.407. The number of aromatic amines is 8. The molecule has 5 aliphatic rings. The number of pyridine rings is 1. The lowest BCUT2D eigenvalue weighted by atomic mass is 9.94. The number of carbonyl (C=O) groups is 4. The highest BCUT2D eigenvalue weighted by molar-refractivity contribution is 6.29. The first-order valence-electron chi connectivity index (χ1n) is 44.7. The molecule has 1 aliphatic carbocycles. The summed E-state index contributed by atoms with van der Waals surface area (Å²) in [5.41, 5.74) is 33.1. The quantitative estimate of drug-likeness (QED) is 0.0221. The van der Waals surface area contributed by atoms with Crippen molar-refractivity contribution in [3.63, 3.8) is 0 Å². The van der Waals surface area contributed by atoms with Gasteiger partial charge in [-0.2, -0.15) is 20.4 Å². The standard InChI is InChI=1S/C25H28N6O3.C24H22N8O2.C23H24ClN7O3.C23H26N8O3/c1-15-22(17-4-2-3-5-21(17)34-15)25(32)29-20-13-26-30-23(20)24-27-18-7-6-16(12-19(18)28-24)14-31-8-10-33-11-9-31;33-24(21-12-25-16-3-1-2-4-17(16)27-21)30-20-13-26-31-22(20)23-28-18-6-5-15(11-19(18)29-23)14-32-7-9-34-10-8-32;1-13-9-18(24)29-23(33-2)19(13)22(32)28-17-11-25-30-20(17)21-26-15-4-3-14(10-16(15)27-21)12-31-5-7-34-8-6-31;1-33-20-10-16(25)15(24)9-14(20)23(32)29-19-11-26-30-21(19)22-27-17-3-2-13(8-18(17)28-22)12-31-4-6-34-7-5-31/h6-7,12-13H,2-5,8-11,14H2,1H3,(H,26,30)(H,27,28)(H,29,32);1-6,11-13H,7-10,14H2,(H,26,31)(H,28,29)(H,30,33);3-4,9-11H,5-8,12H2,1-2H3,(H,25,30)(H,26,27)(H,28,32);2-3,8-11H,4-7,12,24-25H2,1H3,(H,26,30)(H,27,28)(H,29,32). The summed E-state index contributed by atoms with van der Waals surface area (Å²) in [5, 5.41) is 40.1. The number of amides is 4. The van der Waals surface area contributed by atoms with Crippen LogP contribution >= 0.6 is 11.6 Å². The fourth-order valence-electron chi connectivity index (χ4n) is 17.2. The molecule has 40 nitrogen and oxygen atoms in total. The first-order valence-corrected chi connectivity index (χ1v) is 45.1. The van der Waals surface area contributed by atoms with E-state index in [9.17, 15) is 19.2 Å². The Hall–Kier alpha value is -15.1. The Bertz CT molecular complexity index is 7200. The van der Waals surface area contributed by atoms with Gasteiger partial charge in [-0.15, -0.1) is 0 Å². The van der Waals surface area contributed by atoms with Gasteiger partial charge in [0.25, 0.3) is 23.6 Å². The zero-order chi connectivity index (χ0) is 93.3. The largest absolute Gasteiger partial charge is 0.496 e. The van der Waals surface area contributed by atoms with E-state index in [0.717, 1.165) is 218 Å². The Morgan fingerprint density at radius 1 is 0.419 bits per heavy atom. The molecule has 41 heteroatoms. The highest BCUT2D eigenvalue weighted by Crippen LogP contribution is 2.37. The van der Waals surface area contributed by atoms with E-state index >= 15 is 0 Å². The third kappa shape index (κ3) is 20.5. The molecule has 15 heterocycles. The fourth-order valence-corrected chi connectivity index (χ4v) is 17.4. The molecule has 16 N–H and O–H groups in total. The molecule has 4 fully saturated rings. The second-order valence-electron chi connectivity index (χ2n) is 33.5. The molecule has 0 saturated carbocycles. The van der Waals surface area contributed by atoms with Gasteiger partial charge in [0.15, 0.2) is 23.3 Å². The van der Waals surface area contributed by atoms with Crippen molar-refractivity contribution in [2.45, 2.75) is 65.7 Å². The van der Waals surface area contributed by atoms with E-state index in [0.29, 0.717) is 114 Å². The Morgan fingerprint density at radius 3 is 1.21 bits per heavy atom. The van der Waals surface area contributed by atoms with Crippen molar-refractivity contribution >= 4 is 125 Å². The molecule has 0 atom stereocenters. The summed E-state index contributed by atoms with van der Waals surface area (Å²) in [5.74, 6) is 3.14. The Labute approximate surface area is 781 Å². The molecule has 17 aromatic rings. The van der Waals surface area contributed by atoms with E-state index in [1.807, 2.05) is 55.5 Å². The Kier molecular flexibility index (Phi) is 27.0. The van der Waals surface area contributed by atoms with Gasteiger partial charge in [0.05, 0.1) is 198 Å². The number of nitrogen functional groups attached to an aromatic ring is 2. The Balaban J connectivity index is 0.000000116. The summed E-state index contributed by atoms with van der Waals surface area (Å²) in [6.07, 6.45) is 11.7. The van der Waals surface area contributed by atoms with Crippen LogP contribution in [0.2, 0.25) is 5.15 Å². The van der Waals surface area contributed by atoms with Crippen LogP contribution < -0.4 is 42.2 Å².